The molecule has 0 saturated carbocycles. The van der Waals surface area contributed by atoms with Crippen LogP contribution in [0.5, 0.6) is 0 Å². The van der Waals surface area contributed by atoms with E-state index in [1.54, 1.807) is 13.8 Å². The van der Waals surface area contributed by atoms with Crippen LogP contribution in [0.3, 0.4) is 0 Å². The van der Waals surface area contributed by atoms with Gasteiger partial charge in [0.05, 0.1) is 24.6 Å². The Morgan fingerprint density at radius 1 is 1.12 bits per heavy atom. The predicted molar refractivity (Wildman–Crippen MR) is 90.8 cm³/mol. The summed E-state index contributed by atoms with van der Waals surface area (Å²) in [6.45, 7) is 4.83. The van der Waals surface area contributed by atoms with Crippen LogP contribution in [0.15, 0.2) is 12.4 Å². The maximum atomic E-state index is 12.0. The molecule has 0 spiro atoms. The molecule has 0 aliphatic carbocycles. The van der Waals surface area contributed by atoms with Crippen LogP contribution < -0.4 is 5.32 Å². The van der Waals surface area contributed by atoms with Crippen molar-refractivity contribution in [3.05, 3.63) is 39.8 Å². The third-order valence-corrected chi connectivity index (χ3v) is 4.47. The standard InChI is InChI=1S/C16H17N3O5S/c1-8-5-18-11(6-17-8)15(21)24-7-12(20)19-14-13(16(22)23-4)9(2)10(3)25-14/h5-6H,7H2,1-4H3,(H,19,20). The number of amides is 1. The van der Waals surface area contributed by atoms with Crippen LogP contribution >= 0.6 is 11.3 Å². The molecule has 1 N–H and O–H groups in total. The number of anilines is 1. The number of aryl methyl sites for hydroxylation is 2. The Labute approximate surface area is 148 Å². The number of rotatable bonds is 5. The molecule has 2 aromatic heterocycles. The normalized spacial score (nSPS) is 10.2. The molecule has 8 nitrogen and oxygen atoms in total. The van der Waals surface area contributed by atoms with E-state index in [-0.39, 0.29) is 5.69 Å². The van der Waals surface area contributed by atoms with E-state index in [0.29, 0.717) is 16.3 Å². The molecule has 0 aromatic carbocycles. The number of thiophene rings is 1. The molecule has 2 aromatic rings. The average Bonchev–Trinajstić information content (AvgIpc) is 2.86. The van der Waals surface area contributed by atoms with Gasteiger partial charge in [0.2, 0.25) is 0 Å². The van der Waals surface area contributed by atoms with E-state index in [1.807, 2.05) is 6.92 Å². The second-order valence-corrected chi connectivity index (χ2v) is 6.37. The first-order valence-electron chi connectivity index (χ1n) is 7.27. The zero-order valence-electron chi connectivity index (χ0n) is 14.2. The second-order valence-electron chi connectivity index (χ2n) is 5.15. The number of nitrogens with zero attached hydrogens (tertiary/aromatic N) is 2. The topological polar surface area (TPSA) is 107 Å². The Hall–Kier alpha value is -2.81. The number of esters is 2. The lowest BCUT2D eigenvalue weighted by Crippen LogP contribution is -2.22. The first kappa shape index (κ1) is 18.5. The zero-order chi connectivity index (χ0) is 18.6. The molecule has 0 saturated heterocycles. The number of carbonyl (C=O) groups is 3. The molecule has 0 bridgehead atoms. The van der Waals surface area contributed by atoms with E-state index in [9.17, 15) is 14.4 Å². The Morgan fingerprint density at radius 2 is 1.84 bits per heavy atom. The van der Waals surface area contributed by atoms with Crippen molar-refractivity contribution in [2.75, 3.05) is 19.0 Å². The molecule has 2 heterocycles. The summed E-state index contributed by atoms with van der Waals surface area (Å²) in [6.07, 6.45) is 2.70. The zero-order valence-corrected chi connectivity index (χ0v) is 15.0. The largest absolute Gasteiger partial charge is 0.465 e. The van der Waals surface area contributed by atoms with Gasteiger partial charge in [-0.1, -0.05) is 0 Å². The van der Waals surface area contributed by atoms with Gasteiger partial charge in [-0.3, -0.25) is 9.78 Å². The van der Waals surface area contributed by atoms with Crippen molar-refractivity contribution in [3.8, 4) is 0 Å². The highest BCUT2D eigenvalue weighted by molar-refractivity contribution is 7.16. The molecule has 0 radical (unpaired) electrons. The third kappa shape index (κ3) is 4.38. The number of hydrogen-bond donors (Lipinski definition) is 1. The van der Waals surface area contributed by atoms with E-state index in [1.165, 1.54) is 30.8 Å². The van der Waals surface area contributed by atoms with Crippen molar-refractivity contribution in [1.29, 1.82) is 0 Å². The van der Waals surface area contributed by atoms with Crippen molar-refractivity contribution in [3.63, 3.8) is 0 Å². The first-order valence-corrected chi connectivity index (χ1v) is 8.09. The third-order valence-electron chi connectivity index (χ3n) is 3.35. The highest BCUT2D eigenvalue weighted by Gasteiger charge is 2.22. The van der Waals surface area contributed by atoms with Crippen molar-refractivity contribution in [2.24, 2.45) is 0 Å². The second kappa shape index (κ2) is 7.84. The van der Waals surface area contributed by atoms with Gasteiger partial charge in [-0.2, -0.15) is 0 Å². The number of aromatic nitrogens is 2. The molecule has 0 aliphatic rings. The molecular formula is C16H17N3O5S. The summed E-state index contributed by atoms with van der Waals surface area (Å²) in [7, 11) is 1.27. The van der Waals surface area contributed by atoms with E-state index in [4.69, 9.17) is 9.47 Å². The molecular weight excluding hydrogens is 346 g/mol. The minimum Gasteiger partial charge on any atom is -0.465 e. The molecule has 132 valence electrons. The molecule has 9 heteroatoms. The monoisotopic (exact) mass is 363 g/mol. The molecule has 1 amide bonds. The Kier molecular flexibility index (Phi) is 5.81. The Bertz CT molecular complexity index is 814. The van der Waals surface area contributed by atoms with Gasteiger partial charge in [0.15, 0.2) is 12.3 Å². The van der Waals surface area contributed by atoms with Gasteiger partial charge in [0.1, 0.15) is 5.00 Å². The maximum Gasteiger partial charge on any atom is 0.359 e. The molecule has 0 unspecified atom stereocenters. The van der Waals surface area contributed by atoms with Crippen LogP contribution in [0.4, 0.5) is 5.00 Å². The summed E-state index contributed by atoms with van der Waals surface area (Å²) in [6, 6.07) is 0. The van der Waals surface area contributed by atoms with E-state index in [2.05, 4.69) is 15.3 Å². The maximum absolute atomic E-state index is 12.0. The Balaban J connectivity index is 2.01. The highest BCUT2D eigenvalue weighted by atomic mass is 32.1. The van der Waals surface area contributed by atoms with Gasteiger partial charge in [-0.05, 0) is 26.3 Å². The number of methoxy groups -OCH3 is 1. The average molecular weight is 363 g/mol. The minimum absolute atomic E-state index is 0.0106. The number of carbonyl (C=O) groups excluding carboxylic acids is 3. The SMILES string of the molecule is COC(=O)c1c(NC(=O)COC(=O)c2cnc(C)cn2)sc(C)c1C. The van der Waals surface area contributed by atoms with Crippen molar-refractivity contribution < 1.29 is 23.9 Å². The fourth-order valence-electron chi connectivity index (χ4n) is 1.93. The van der Waals surface area contributed by atoms with Gasteiger partial charge in [0.25, 0.3) is 5.91 Å². The lowest BCUT2D eigenvalue weighted by molar-refractivity contribution is -0.119. The number of nitrogens with one attached hydrogen (secondary N) is 1. The predicted octanol–water partition coefficient (Wildman–Crippen LogP) is 2.05. The summed E-state index contributed by atoms with van der Waals surface area (Å²) in [5, 5.41) is 2.93. The lowest BCUT2D eigenvalue weighted by atomic mass is 10.1. The van der Waals surface area contributed by atoms with Gasteiger partial charge in [0, 0.05) is 11.1 Å². The van der Waals surface area contributed by atoms with Crippen LogP contribution in [0.1, 0.15) is 37.0 Å². The number of ether oxygens (including phenoxy) is 2. The van der Waals surface area contributed by atoms with Crippen LogP contribution in [0, 0.1) is 20.8 Å². The lowest BCUT2D eigenvalue weighted by Gasteiger charge is -2.07. The molecule has 25 heavy (non-hydrogen) atoms. The minimum atomic E-state index is -0.755. The fraction of sp³-hybridized carbons (Fsp3) is 0.312. The molecule has 0 fully saturated rings. The Morgan fingerprint density at radius 3 is 2.44 bits per heavy atom. The van der Waals surface area contributed by atoms with Gasteiger partial charge >= 0.3 is 11.9 Å². The van der Waals surface area contributed by atoms with Crippen LogP contribution in [0.2, 0.25) is 0 Å². The summed E-state index contributed by atoms with van der Waals surface area (Å²) >= 11 is 1.25. The summed E-state index contributed by atoms with van der Waals surface area (Å²) in [4.78, 5) is 44.4. The quantitative estimate of drug-likeness (QED) is 0.810. The van der Waals surface area contributed by atoms with Crippen LogP contribution in [0.25, 0.3) is 0 Å². The van der Waals surface area contributed by atoms with Crippen molar-refractivity contribution >= 4 is 34.2 Å². The van der Waals surface area contributed by atoms with Gasteiger partial charge in [-0.15, -0.1) is 11.3 Å². The summed E-state index contributed by atoms with van der Waals surface area (Å²) in [5.74, 6) is -1.86. The molecule has 0 atom stereocenters. The van der Waals surface area contributed by atoms with Crippen LogP contribution in [-0.4, -0.2) is 41.5 Å². The van der Waals surface area contributed by atoms with Crippen molar-refractivity contribution in [1.82, 2.24) is 9.97 Å². The van der Waals surface area contributed by atoms with Crippen LogP contribution in [-0.2, 0) is 14.3 Å². The smallest absolute Gasteiger partial charge is 0.359 e. The van der Waals surface area contributed by atoms with Crippen molar-refractivity contribution in [2.45, 2.75) is 20.8 Å². The summed E-state index contributed by atoms with van der Waals surface area (Å²) < 4.78 is 9.63. The first-order chi connectivity index (χ1) is 11.8. The van der Waals surface area contributed by atoms with Gasteiger partial charge in [-0.25, -0.2) is 14.6 Å². The van der Waals surface area contributed by atoms with E-state index in [0.717, 1.165) is 10.4 Å². The summed E-state index contributed by atoms with van der Waals surface area (Å²) in [5.41, 5.74) is 1.71. The van der Waals surface area contributed by atoms with Gasteiger partial charge < -0.3 is 14.8 Å². The molecule has 2 rings (SSSR count). The number of hydrogen-bond acceptors (Lipinski definition) is 8. The fourth-order valence-corrected chi connectivity index (χ4v) is 2.99. The van der Waals surface area contributed by atoms with E-state index >= 15 is 0 Å². The highest BCUT2D eigenvalue weighted by Crippen LogP contribution is 2.32. The van der Waals surface area contributed by atoms with E-state index < -0.39 is 24.5 Å². The molecule has 0 aliphatic heterocycles.